The van der Waals surface area contributed by atoms with Crippen LogP contribution in [0.3, 0.4) is 0 Å². The van der Waals surface area contributed by atoms with Crippen molar-refractivity contribution < 1.29 is 18.6 Å². The largest absolute Gasteiger partial charge is 0.483 e. The molecule has 7 nitrogen and oxygen atoms in total. The molecule has 0 fully saturated rings. The Labute approximate surface area is 255 Å². The lowest BCUT2D eigenvalue weighted by atomic mass is 9.85. The van der Waals surface area contributed by atoms with E-state index >= 15 is 0 Å². The average molecular weight is 603 g/mol. The lowest BCUT2D eigenvalue weighted by Crippen LogP contribution is -2.36. The molecule has 2 atom stereocenters. The van der Waals surface area contributed by atoms with Crippen LogP contribution in [0.2, 0.25) is 13.1 Å². The van der Waals surface area contributed by atoms with E-state index in [-0.39, 0.29) is 22.3 Å². The first-order chi connectivity index (χ1) is 19.8. The zero-order chi connectivity index (χ0) is 30.7. The fourth-order valence-corrected chi connectivity index (χ4v) is 6.20. The van der Waals surface area contributed by atoms with E-state index in [0.717, 1.165) is 0 Å². The molecule has 0 saturated carbocycles. The molecule has 0 N–H and O–H groups in total. The minimum atomic E-state index is -1.39. The Hall–Kier alpha value is -3.71. The van der Waals surface area contributed by atoms with Gasteiger partial charge in [0.15, 0.2) is 9.04 Å². The summed E-state index contributed by atoms with van der Waals surface area (Å²) in [5.41, 5.74) is 1.40. The number of pyridine rings is 1. The van der Waals surface area contributed by atoms with Crippen LogP contribution in [0.25, 0.3) is 5.70 Å². The average Bonchev–Trinajstić information content (AvgIpc) is 2.91. The molecule has 0 saturated heterocycles. The molecule has 0 spiro atoms. The first-order valence-electron chi connectivity index (χ1n) is 14.0. The number of hydrogen-bond donors (Lipinski definition) is 0. The van der Waals surface area contributed by atoms with E-state index in [1.807, 2.05) is 44.2 Å². The number of nitrogens with zero attached hydrogens (tertiary/aromatic N) is 2. The molecule has 2 aromatic carbocycles. The smallest absolute Gasteiger partial charge is 0.358 e. The third-order valence-electron chi connectivity index (χ3n) is 6.83. The van der Waals surface area contributed by atoms with Crippen molar-refractivity contribution >= 4 is 32.2 Å². The topological polar surface area (TPSA) is 82.7 Å². The van der Waals surface area contributed by atoms with E-state index in [4.69, 9.17) is 30.9 Å². The van der Waals surface area contributed by atoms with E-state index in [2.05, 4.69) is 39.9 Å². The highest BCUT2D eigenvalue weighted by atomic mass is 32.1. The molecule has 0 radical (unpaired) electrons. The van der Waals surface area contributed by atoms with Crippen molar-refractivity contribution in [1.82, 2.24) is 4.57 Å². The first kappa shape index (κ1) is 31.2. The second-order valence-electron chi connectivity index (χ2n) is 12.3. The van der Waals surface area contributed by atoms with Crippen LogP contribution in [-0.2, 0) is 9.16 Å². The molecule has 2 heterocycles. The summed E-state index contributed by atoms with van der Waals surface area (Å²) in [5, 5.41) is 9.45. The summed E-state index contributed by atoms with van der Waals surface area (Å²) in [6, 6.07) is 20.0. The molecule has 0 amide bonds. The van der Waals surface area contributed by atoms with Crippen LogP contribution in [0.5, 0.6) is 11.5 Å². The number of nitriles is 1. The van der Waals surface area contributed by atoms with Crippen LogP contribution < -0.4 is 15.0 Å². The van der Waals surface area contributed by atoms with Gasteiger partial charge in [0.1, 0.15) is 23.2 Å². The number of rotatable bonds is 8. The Balaban J connectivity index is 1.72. The molecule has 1 aliphatic heterocycles. The van der Waals surface area contributed by atoms with Crippen molar-refractivity contribution in [2.24, 2.45) is 5.41 Å². The first-order valence-corrected chi connectivity index (χ1v) is 17.2. The lowest BCUT2D eigenvalue weighted by Gasteiger charge is -2.35. The van der Waals surface area contributed by atoms with Crippen LogP contribution in [-0.4, -0.2) is 30.5 Å². The van der Waals surface area contributed by atoms with Crippen molar-refractivity contribution in [3.8, 4) is 17.6 Å². The number of ether oxygens (including phenoxy) is 3. The van der Waals surface area contributed by atoms with Crippen molar-refractivity contribution in [2.75, 3.05) is 0 Å². The molecule has 42 heavy (non-hydrogen) atoms. The zero-order valence-electron chi connectivity index (χ0n) is 25.2. The van der Waals surface area contributed by atoms with Crippen LogP contribution in [0, 0.1) is 16.7 Å². The molecule has 1 aliphatic rings. The zero-order valence-corrected chi connectivity index (χ0v) is 27.2. The van der Waals surface area contributed by atoms with Crippen LogP contribution in [0.15, 0.2) is 77.7 Å². The molecule has 0 aliphatic carbocycles. The Bertz CT molecular complexity index is 1570. The van der Waals surface area contributed by atoms with Gasteiger partial charge >= 0.3 is 5.24 Å². The summed E-state index contributed by atoms with van der Waals surface area (Å²) in [5.74, 6) is 1.18. The van der Waals surface area contributed by atoms with E-state index in [1.54, 1.807) is 47.2 Å². The molecule has 0 bridgehead atoms. The van der Waals surface area contributed by atoms with Gasteiger partial charge in [0.05, 0.1) is 23.4 Å². The summed E-state index contributed by atoms with van der Waals surface area (Å²) in [4.78, 5) is 13.7. The van der Waals surface area contributed by atoms with Gasteiger partial charge in [-0.2, -0.15) is 5.26 Å². The maximum Gasteiger partial charge on any atom is 0.358 e. The fraction of sp³-hybridized carbons (Fsp3) is 0.364. The summed E-state index contributed by atoms with van der Waals surface area (Å²) in [6.45, 7) is 14.5. The van der Waals surface area contributed by atoms with Crippen molar-refractivity contribution in [1.29, 1.82) is 5.26 Å². The Morgan fingerprint density at radius 2 is 1.83 bits per heavy atom. The predicted molar refractivity (Wildman–Crippen MR) is 171 cm³/mol. The van der Waals surface area contributed by atoms with E-state index in [0.29, 0.717) is 40.3 Å². The minimum absolute atomic E-state index is 0.0309. The van der Waals surface area contributed by atoms with E-state index in [9.17, 15) is 10.1 Å². The molecule has 220 valence electrons. The van der Waals surface area contributed by atoms with Gasteiger partial charge in [-0.05, 0) is 80.4 Å². The number of thiocarbonyl (C=S) groups is 1. The number of aromatic nitrogens is 1. The summed E-state index contributed by atoms with van der Waals surface area (Å²) in [7, 11) is -1.39. The quantitative estimate of drug-likeness (QED) is 0.203. The third kappa shape index (κ3) is 7.76. The van der Waals surface area contributed by atoms with Gasteiger partial charge < -0.3 is 18.6 Å². The Morgan fingerprint density at radius 1 is 1.12 bits per heavy atom. The van der Waals surface area contributed by atoms with Gasteiger partial charge in [0.2, 0.25) is 0 Å². The fourth-order valence-electron chi connectivity index (χ4n) is 4.81. The highest BCUT2D eigenvalue weighted by Crippen LogP contribution is 2.38. The highest BCUT2D eigenvalue weighted by molar-refractivity contribution is 7.79. The van der Waals surface area contributed by atoms with E-state index < -0.39 is 20.7 Å². The number of benzene rings is 2. The second-order valence-corrected chi connectivity index (χ2v) is 15.0. The van der Waals surface area contributed by atoms with Gasteiger partial charge in [-0.1, -0.05) is 39.0 Å². The number of hydrogen-bond acceptors (Lipinski definition) is 7. The van der Waals surface area contributed by atoms with Gasteiger partial charge in [0.25, 0.3) is 5.56 Å². The second kappa shape index (κ2) is 12.7. The van der Waals surface area contributed by atoms with Gasteiger partial charge in [-0.25, -0.2) is 0 Å². The molecule has 4 rings (SSSR count). The summed E-state index contributed by atoms with van der Waals surface area (Å²) >= 11 is 5.49. The molecule has 2 unspecified atom stereocenters. The Morgan fingerprint density at radius 3 is 2.45 bits per heavy atom. The summed E-state index contributed by atoms with van der Waals surface area (Å²) in [6.07, 6.45) is 3.39. The number of para-hydroxylation sites is 1. The predicted octanol–water partition coefficient (Wildman–Crippen LogP) is 7.01. The van der Waals surface area contributed by atoms with Crippen LogP contribution in [0.4, 0.5) is 0 Å². The summed E-state index contributed by atoms with van der Waals surface area (Å²) < 4.78 is 26.2. The highest BCUT2D eigenvalue weighted by Gasteiger charge is 2.32. The minimum Gasteiger partial charge on any atom is -0.483 e. The van der Waals surface area contributed by atoms with Crippen LogP contribution >= 0.6 is 12.2 Å². The molecular formula is C33H38N2O5SSi. The van der Waals surface area contributed by atoms with Gasteiger partial charge in [0, 0.05) is 36.5 Å². The number of fused-ring (bicyclic) bond motifs is 1. The van der Waals surface area contributed by atoms with Gasteiger partial charge in [-0.3, -0.25) is 9.36 Å². The molecule has 1 aromatic heterocycles. The molecular weight excluding hydrogens is 565 g/mol. The maximum absolute atomic E-state index is 13.7. The monoisotopic (exact) mass is 602 g/mol. The lowest BCUT2D eigenvalue weighted by molar-refractivity contribution is 0.0290. The molecule has 3 aromatic rings. The van der Waals surface area contributed by atoms with Gasteiger partial charge in [-0.15, -0.1) is 0 Å². The van der Waals surface area contributed by atoms with Crippen molar-refractivity contribution in [3.05, 3.63) is 100.0 Å². The normalized spacial score (nSPS) is 15.5. The maximum atomic E-state index is 13.7. The van der Waals surface area contributed by atoms with Crippen LogP contribution in [0.1, 0.15) is 63.8 Å². The third-order valence-corrected chi connectivity index (χ3v) is 7.88. The van der Waals surface area contributed by atoms with E-state index in [1.165, 1.54) is 0 Å². The SMILES string of the molecule is C[SiH](C)OC(CC(OC(=S)Oc1ccccc1)c1ccn(C2=CC(C)(C)Oc3ccc(C#N)cc32)c(=O)c1)C(C)(C)C. The standard InChI is InChI=1S/C33H38N2O5SSi/c1-32(2,3)29(40-42(6)7)19-28(38-31(41)37-24-11-9-8-10-12-24)23-15-16-35(30(36)18-23)26-20-33(4,5)39-27-14-13-22(21-34)17-25(26)27/h8-18,20,28-29,42H,19H2,1-7H3. The van der Waals surface area contributed by atoms with Crippen molar-refractivity contribution in [2.45, 2.75) is 71.9 Å². The Kier molecular flexibility index (Phi) is 9.41. The van der Waals surface area contributed by atoms with Crippen molar-refractivity contribution in [3.63, 3.8) is 0 Å². The molecule has 9 heteroatoms.